The van der Waals surface area contributed by atoms with Crippen LogP contribution in [0, 0.1) is 0 Å². The van der Waals surface area contributed by atoms with E-state index in [1.165, 1.54) is 17.0 Å². The van der Waals surface area contributed by atoms with Crippen LogP contribution in [0.4, 0.5) is 0 Å². The lowest BCUT2D eigenvalue weighted by atomic mass is 10.1. The first-order valence-corrected chi connectivity index (χ1v) is 9.19. The second kappa shape index (κ2) is 7.81. The minimum Gasteiger partial charge on any atom is -0.292 e. The SMILES string of the molecule is O=C(Cn1c(=O)n(Cc2ccccc2)c(=O)c2nccnc21)c1ccc(Cl)cc1. The molecule has 0 saturated carbocycles. The summed E-state index contributed by atoms with van der Waals surface area (Å²) in [6.45, 7) is -0.203. The predicted octanol–water partition coefficient (Wildman–Crippen LogP) is 2.54. The summed E-state index contributed by atoms with van der Waals surface area (Å²) in [7, 11) is 0. The number of hydrogen-bond donors (Lipinski definition) is 0. The lowest BCUT2D eigenvalue weighted by molar-refractivity contribution is 0.0971. The highest BCUT2D eigenvalue weighted by Crippen LogP contribution is 2.11. The molecular weight excluding hydrogens is 392 g/mol. The van der Waals surface area contributed by atoms with Gasteiger partial charge in [0.25, 0.3) is 5.56 Å². The summed E-state index contributed by atoms with van der Waals surface area (Å²) in [5, 5.41) is 0.506. The molecule has 2 heterocycles. The monoisotopic (exact) mass is 406 g/mol. The molecule has 0 N–H and O–H groups in total. The third kappa shape index (κ3) is 3.72. The van der Waals surface area contributed by atoms with Gasteiger partial charge in [-0.1, -0.05) is 41.9 Å². The summed E-state index contributed by atoms with van der Waals surface area (Å²) in [5.41, 5.74) is 0.136. The van der Waals surface area contributed by atoms with Crippen molar-refractivity contribution in [2.75, 3.05) is 0 Å². The van der Waals surface area contributed by atoms with Gasteiger partial charge in [-0.3, -0.25) is 18.7 Å². The molecule has 0 fully saturated rings. The van der Waals surface area contributed by atoms with Crippen LogP contribution in [-0.4, -0.2) is 24.9 Å². The Labute approximate surface area is 169 Å². The van der Waals surface area contributed by atoms with Gasteiger partial charge in [-0.25, -0.2) is 14.8 Å². The van der Waals surface area contributed by atoms with Crippen LogP contribution in [0.15, 0.2) is 76.6 Å². The number of rotatable bonds is 5. The Morgan fingerprint density at radius 2 is 1.59 bits per heavy atom. The van der Waals surface area contributed by atoms with Crippen LogP contribution in [0.25, 0.3) is 11.2 Å². The summed E-state index contributed by atoms with van der Waals surface area (Å²) in [6, 6.07) is 15.5. The molecule has 0 atom stereocenters. The first kappa shape index (κ1) is 18.8. The van der Waals surface area contributed by atoms with Crippen molar-refractivity contribution in [1.29, 1.82) is 0 Å². The first-order chi connectivity index (χ1) is 14.0. The Balaban J connectivity index is 1.84. The number of aromatic nitrogens is 4. The van der Waals surface area contributed by atoms with Gasteiger partial charge in [0, 0.05) is 23.0 Å². The lowest BCUT2D eigenvalue weighted by Crippen LogP contribution is -2.42. The van der Waals surface area contributed by atoms with Crippen LogP contribution < -0.4 is 11.2 Å². The van der Waals surface area contributed by atoms with Crippen LogP contribution in [0.3, 0.4) is 0 Å². The predicted molar refractivity (Wildman–Crippen MR) is 109 cm³/mol. The quantitative estimate of drug-likeness (QED) is 0.475. The molecule has 0 aliphatic heterocycles. The molecule has 2 aromatic heterocycles. The Kier molecular flexibility index (Phi) is 5.05. The van der Waals surface area contributed by atoms with Crippen LogP contribution in [0.2, 0.25) is 5.02 Å². The van der Waals surface area contributed by atoms with Crippen LogP contribution in [0.5, 0.6) is 0 Å². The van der Waals surface area contributed by atoms with E-state index in [2.05, 4.69) is 9.97 Å². The summed E-state index contributed by atoms with van der Waals surface area (Å²) in [6.07, 6.45) is 2.76. The highest BCUT2D eigenvalue weighted by molar-refractivity contribution is 6.30. The zero-order valence-corrected chi connectivity index (χ0v) is 15.9. The van der Waals surface area contributed by atoms with Crippen LogP contribution >= 0.6 is 11.6 Å². The van der Waals surface area contributed by atoms with Crippen LogP contribution in [0.1, 0.15) is 15.9 Å². The van der Waals surface area contributed by atoms with Gasteiger partial charge in [-0.05, 0) is 29.8 Å². The van der Waals surface area contributed by atoms with Gasteiger partial charge in [0.1, 0.15) is 0 Å². The summed E-state index contributed by atoms with van der Waals surface area (Å²) >= 11 is 5.87. The van der Waals surface area contributed by atoms with E-state index < -0.39 is 11.2 Å². The lowest BCUT2D eigenvalue weighted by Gasteiger charge is -2.12. The zero-order valence-electron chi connectivity index (χ0n) is 15.2. The van der Waals surface area contributed by atoms with Gasteiger partial charge in [-0.15, -0.1) is 0 Å². The number of hydrogen-bond acceptors (Lipinski definition) is 5. The number of Topliss-reactive ketones (excluding diaryl/α,β-unsaturated/α-hetero) is 1. The average Bonchev–Trinajstić information content (AvgIpc) is 2.75. The fourth-order valence-corrected chi connectivity index (χ4v) is 3.17. The largest absolute Gasteiger partial charge is 0.333 e. The molecular formula is C21H15ClN4O3. The molecule has 0 radical (unpaired) electrons. The van der Waals surface area contributed by atoms with Gasteiger partial charge < -0.3 is 0 Å². The van der Waals surface area contributed by atoms with E-state index in [0.29, 0.717) is 10.6 Å². The molecule has 0 saturated heterocycles. The maximum atomic E-state index is 13.1. The Hall–Kier alpha value is -3.58. The maximum Gasteiger partial charge on any atom is 0.333 e. The standard InChI is InChI=1S/C21H15ClN4O3/c22-16-8-6-15(7-9-16)17(27)13-25-19-18(23-10-11-24-19)20(28)26(21(25)29)12-14-4-2-1-3-5-14/h1-11H,12-13H2. The molecule has 0 unspecified atom stereocenters. The molecule has 0 aliphatic carbocycles. The molecule has 4 aromatic rings. The van der Waals surface area contributed by atoms with Crippen molar-refractivity contribution in [3.63, 3.8) is 0 Å². The van der Waals surface area contributed by atoms with E-state index in [-0.39, 0.29) is 30.0 Å². The van der Waals surface area contributed by atoms with Gasteiger partial charge in [-0.2, -0.15) is 0 Å². The van der Waals surface area contributed by atoms with Gasteiger partial charge in [0.15, 0.2) is 16.9 Å². The second-order valence-electron chi connectivity index (χ2n) is 6.40. The smallest absolute Gasteiger partial charge is 0.292 e. The Bertz CT molecular complexity index is 1310. The molecule has 0 aliphatic rings. The molecule has 0 amide bonds. The van der Waals surface area contributed by atoms with E-state index >= 15 is 0 Å². The van der Waals surface area contributed by atoms with Crippen molar-refractivity contribution in [3.05, 3.63) is 104 Å². The molecule has 144 valence electrons. The van der Waals surface area contributed by atoms with Crippen molar-refractivity contribution in [2.24, 2.45) is 0 Å². The Morgan fingerprint density at radius 1 is 0.897 bits per heavy atom. The fourth-order valence-electron chi connectivity index (χ4n) is 3.05. The van der Waals surface area contributed by atoms with Gasteiger partial charge >= 0.3 is 5.69 Å². The highest BCUT2D eigenvalue weighted by Gasteiger charge is 2.18. The van der Waals surface area contributed by atoms with Crippen molar-refractivity contribution in [3.8, 4) is 0 Å². The molecule has 7 nitrogen and oxygen atoms in total. The second-order valence-corrected chi connectivity index (χ2v) is 6.84. The van der Waals surface area contributed by atoms with E-state index in [9.17, 15) is 14.4 Å². The molecule has 0 spiro atoms. The number of carbonyl (C=O) groups is 1. The fraction of sp³-hybridized carbons (Fsp3) is 0.0952. The Morgan fingerprint density at radius 3 is 2.31 bits per heavy atom. The third-order valence-corrected chi connectivity index (χ3v) is 4.75. The highest BCUT2D eigenvalue weighted by atomic mass is 35.5. The van der Waals surface area contributed by atoms with E-state index in [4.69, 9.17) is 11.6 Å². The van der Waals surface area contributed by atoms with E-state index in [1.54, 1.807) is 24.3 Å². The molecule has 8 heteroatoms. The number of halogens is 1. The summed E-state index contributed by atoms with van der Waals surface area (Å²) < 4.78 is 2.26. The zero-order chi connectivity index (χ0) is 20.4. The normalized spacial score (nSPS) is 10.9. The summed E-state index contributed by atoms with van der Waals surface area (Å²) in [4.78, 5) is 46.9. The first-order valence-electron chi connectivity index (χ1n) is 8.81. The molecule has 4 rings (SSSR count). The van der Waals surface area contributed by atoms with Crippen molar-refractivity contribution >= 4 is 28.5 Å². The maximum absolute atomic E-state index is 13.1. The van der Waals surface area contributed by atoms with Crippen molar-refractivity contribution in [1.82, 2.24) is 19.1 Å². The molecule has 0 bridgehead atoms. The number of nitrogens with zero attached hydrogens (tertiary/aromatic N) is 4. The van der Waals surface area contributed by atoms with Crippen molar-refractivity contribution in [2.45, 2.75) is 13.1 Å². The van der Waals surface area contributed by atoms with E-state index in [1.807, 2.05) is 30.3 Å². The summed E-state index contributed by atoms with van der Waals surface area (Å²) in [5.74, 6) is -0.305. The number of benzene rings is 2. The molecule has 2 aromatic carbocycles. The minimum absolute atomic E-state index is 0.0342. The molecule has 29 heavy (non-hydrogen) atoms. The van der Waals surface area contributed by atoms with Crippen LogP contribution in [-0.2, 0) is 13.1 Å². The van der Waals surface area contributed by atoms with Crippen molar-refractivity contribution < 1.29 is 4.79 Å². The number of carbonyl (C=O) groups excluding carboxylic acids is 1. The topological polar surface area (TPSA) is 86.9 Å². The minimum atomic E-state index is -0.617. The van der Waals surface area contributed by atoms with E-state index in [0.717, 1.165) is 10.1 Å². The number of fused-ring (bicyclic) bond motifs is 1. The third-order valence-electron chi connectivity index (χ3n) is 4.50. The van der Waals surface area contributed by atoms with Gasteiger partial charge in [0.05, 0.1) is 13.1 Å². The number of ketones is 1. The average molecular weight is 407 g/mol. The van der Waals surface area contributed by atoms with Gasteiger partial charge in [0.2, 0.25) is 0 Å².